The lowest BCUT2D eigenvalue weighted by Gasteiger charge is -2.21. The summed E-state index contributed by atoms with van der Waals surface area (Å²) < 4.78 is 0. The van der Waals surface area contributed by atoms with E-state index in [1.54, 1.807) is 4.90 Å². The van der Waals surface area contributed by atoms with Crippen molar-refractivity contribution >= 4 is 29.2 Å². The summed E-state index contributed by atoms with van der Waals surface area (Å²) >= 11 is 5.92. The van der Waals surface area contributed by atoms with Gasteiger partial charge in [0, 0.05) is 6.54 Å². The highest BCUT2D eigenvalue weighted by Crippen LogP contribution is 2.26. The van der Waals surface area contributed by atoms with E-state index >= 15 is 0 Å². The fourth-order valence-corrected chi connectivity index (χ4v) is 1.50. The Morgan fingerprint density at radius 3 is 2.88 bits per heavy atom. The standard InChI is InChI=1S/C9H13ClN4O2/c1-2-3-14(4-6(15)16)9-7(10)8(11)12-5-13-9/h5H,2-4H2,1H3,(H,15,16)(H2,11,12,13). The lowest BCUT2D eigenvalue weighted by molar-refractivity contribution is -0.135. The van der Waals surface area contributed by atoms with Crippen molar-refractivity contribution in [3.63, 3.8) is 0 Å². The minimum Gasteiger partial charge on any atom is -0.480 e. The van der Waals surface area contributed by atoms with Crippen LogP contribution in [0.5, 0.6) is 0 Å². The topological polar surface area (TPSA) is 92.3 Å². The zero-order valence-electron chi connectivity index (χ0n) is 8.85. The van der Waals surface area contributed by atoms with Gasteiger partial charge in [0.25, 0.3) is 0 Å². The SMILES string of the molecule is CCCN(CC(=O)O)c1ncnc(N)c1Cl. The van der Waals surface area contributed by atoms with Gasteiger partial charge in [-0.2, -0.15) is 0 Å². The third-order valence-corrected chi connectivity index (χ3v) is 2.28. The third kappa shape index (κ3) is 2.96. The van der Waals surface area contributed by atoms with Gasteiger partial charge in [0.1, 0.15) is 23.7 Å². The predicted molar refractivity (Wildman–Crippen MR) is 61.6 cm³/mol. The molecule has 0 aliphatic heterocycles. The smallest absolute Gasteiger partial charge is 0.323 e. The summed E-state index contributed by atoms with van der Waals surface area (Å²) in [6, 6.07) is 0. The molecule has 0 bridgehead atoms. The Labute approximate surface area is 98.1 Å². The second kappa shape index (κ2) is 5.50. The molecule has 0 aliphatic carbocycles. The van der Waals surface area contributed by atoms with Gasteiger partial charge in [0.15, 0.2) is 5.82 Å². The van der Waals surface area contributed by atoms with Gasteiger partial charge in [0.05, 0.1) is 0 Å². The number of carboxylic acids is 1. The summed E-state index contributed by atoms with van der Waals surface area (Å²) in [5.74, 6) is -0.432. The lowest BCUT2D eigenvalue weighted by atomic mass is 10.3. The third-order valence-electron chi connectivity index (χ3n) is 1.92. The second-order valence-electron chi connectivity index (χ2n) is 3.21. The van der Waals surface area contributed by atoms with Gasteiger partial charge in [-0.1, -0.05) is 18.5 Å². The molecule has 7 heteroatoms. The number of carboxylic acid groups (broad SMARTS) is 1. The van der Waals surface area contributed by atoms with Crippen LogP contribution < -0.4 is 10.6 Å². The molecule has 1 rings (SSSR count). The molecule has 0 radical (unpaired) electrons. The fourth-order valence-electron chi connectivity index (χ4n) is 1.29. The van der Waals surface area contributed by atoms with Crippen LogP contribution in [0.2, 0.25) is 5.02 Å². The first kappa shape index (κ1) is 12.5. The van der Waals surface area contributed by atoms with E-state index in [0.29, 0.717) is 12.4 Å². The molecule has 0 amide bonds. The summed E-state index contributed by atoms with van der Waals surface area (Å²) in [5.41, 5.74) is 5.53. The fraction of sp³-hybridized carbons (Fsp3) is 0.444. The molecule has 0 saturated carbocycles. The second-order valence-corrected chi connectivity index (χ2v) is 3.59. The minimum absolute atomic E-state index is 0.151. The number of nitrogen functional groups attached to an aromatic ring is 1. The number of carbonyl (C=O) groups is 1. The molecule has 1 aromatic heterocycles. The highest BCUT2D eigenvalue weighted by Gasteiger charge is 2.16. The lowest BCUT2D eigenvalue weighted by Crippen LogP contribution is -2.31. The molecule has 6 nitrogen and oxygen atoms in total. The van der Waals surface area contributed by atoms with Gasteiger partial charge < -0.3 is 15.7 Å². The molecular weight excluding hydrogens is 232 g/mol. The quantitative estimate of drug-likeness (QED) is 0.803. The minimum atomic E-state index is -0.943. The van der Waals surface area contributed by atoms with Crippen LogP contribution in [0.25, 0.3) is 0 Å². The van der Waals surface area contributed by atoms with Crippen LogP contribution >= 0.6 is 11.6 Å². The largest absolute Gasteiger partial charge is 0.480 e. The summed E-state index contributed by atoms with van der Waals surface area (Å²) in [7, 11) is 0. The van der Waals surface area contributed by atoms with Crippen molar-refractivity contribution in [1.29, 1.82) is 0 Å². The molecule has 0 aromatic carbocycles. The number of anilines is 2. The van der Waals surface area contributed by atoms with Crippen LogP contribution in [0.3, 0.4) is 0 Å². The Balaban J connectivity index is 3.00. The van der Waals surface area contributed by atoms with Crippen molar-refractivity contribution in [2.75, 3.05) is 23.7 Å². The summed E-state index contributed by atoms with van der Waals surface area (Å²) in [6.07, 6.45) is 2.05. The zero-order chi connectivity index (χ0) is 12.1. The van der Waals surface area contributed by atoms with Gasteiger partial charge in [-0.25, -0.2) is 9.97 Å². The van der Waals surface area contributed by atoms with Crippen molar-refractivity contribution in [3.05, 3.63) is 11.3 Å². The molecule has 0 fully saturated rings. The van der Waals surface area contributed by atoms with Crippen molar-refractivity contribution in [1.82, 2.24) is 9.97 Å². The molecule has 0 unspecified atom stereocenters. The molecule has 0 atom stereocenters. The predicted octanol–water partition coefficient (Wildman–Crippen LogP) is 1.01. The van der Waals surface area contributed by atoms with Gasteiger partial charge >= 0.3 is 5.97 Å². The van der Waals surface area contributed by atoms with Gasteiger partial charge in [-0.05, 0) is 6.42 Å². The summed E-state index contributed by atoms with van der Waals surface area (Å²) in [6.45, 7) is 2.32. The first-order valence-electron chi connectivity index (χ1n) is 4.79. The van der Waals surface area contributed by atoms with Crippen molar-refractivity contribution < 1.29 is 9.90 Å². The van der Waals surface area contributed by atoms with Crippen molar-refractivity contribution in [3.8, 4) is 0 Å². The monoisotopic (exact) mass is 244 g/mol. The van der Waals surface area contributed by atoms with Crippen molar-refractivity contribution in [2.24, 2.45) is 0 Å². The number of hydrogen-bond donors (Lipinski definition) is 2. The molecule has 1 heterocycles. The van der Waals surface area contributed by atoms with Crippen molar-refractivity contribution in [2.45, 2.75) is 13.3 Å². The van der Waals surface area contributed by atoms with E-state index in [1.165, 1.54) is 6.33 Å². The molecule has 16 heavy (non-hydrogen) atoms. The van der Waals surface area contributed by atoms with E-state index < -0.39 is 5.97 Å². The maximum atomic E-state index is 10.7. The molecule has 0 spiro atoms. The number of nitrogens with zero attached hydrogens (tertiary/aromatic N) is 3. The Morgan fingerprint density at radius 2 is 2.31 bits per heavy atom. The van der Waals surface area contributed by atoms with Crippen LogP contribution in [-0.2, 0) is 4.79 Å². The Morgan fingerprint density at radius 1 is 1.62 bits per heavy atom. The molecular formula is C9H13ClN4O2. The molecule has 0 saturated heterocycles. The molecule has 3 N–H and O–H groups in total. The number of aromatic nitrogens is 2. The van der Waals surface area contributed by atoms with Gasteiger partial charge in [0.2, 0.25) is 0 Å². The average Bonchev–Trinajstić information content (AvgIpc) is 2.21. The van der Waals surface area contributed by atoms with Crippen LogP contribution in [0.4, 0.5) is 11.6 Å². The summed E-state index contributed by atoms with van der Waals surface area (Å²) in [5, 5.41) is 8.96. The average molecular weight is 245 g/mol. The van der Waals surface area contributed by atoms with E-state index in [4.69, 9.17) is 22.4 Å². The molecule has 1 aromatic rings. The Kier molecular flexibility index (Phi) is 4.30. The van der Waals surface area contributed by atoms with Crippen LogP contribution in [-0.4, -0.2) is 34.1 Å². The van der Waals surface area contributed by atoms with Gasteiger partial charge in [-0.15, -0.1) is 0 Å². The van der Waals surface area contributed by atoms with E-state index in [-0.39, 0.29) is 17.4 Å². The molecule has 88 valence electrons. The van der Waals surface area contributed by atoms with Crippen LogP contribution in [0.1, 0.15) is 13.3 Å². The van der Waals surface area contributed by atoms with Crippen LogP contribution in [0, 0.1) is 0 Å². The number of rotatable bonds is 5. The number of halogens is 1. The van der Waals surface area contributed by atoms with E-state index in [1.807, 2.05) is 6.92 Å². The van der Waals surface area contributed by atoms with E-state index in [0.717, 1.165) is 6.42 Å². The van der Waals surface area contributed by atoms with E-state index in [9.17, 15) is 4.79 Å². The first-order valence-corrected chi connectivity index (χ1v) is 5.16. The Bertz CT molecular complexity index is 386. The number of nitrogens with two attached hydrogens (primary N) is 1. The molecule has 0 aliphatic rings. The maximum Gasteiger partial charge on any atom is 0.323 e. The normalized spacial score (nSPS) is 10.1. The Hall–Kier alpha value is -1.56. The zero-order valence-corrected chi connectivity index (χ0v) is 9.61. The summed E-state index contributed by atoms with van der Waals surface area (Å²) in [4.78, 5) is 19.9. The number of aliphatic carboxylic acids is 1. The highest BCUT2D eigenvalue weighted by molar-refractivity contribution is 6.35. The van der Waals surface area contributed by atoms with Gasteiger partial charge in [-0.3, -0.25) is 4.79 Å². The van der Waals surface area contributed by atoms with E-state index in [2.05, 4.69) is 9.97 Å². The number of hydrogen-bond acceptors (Lipinski definition) is 5. The highest BCUT2D eigenvalue weighted by atomic mass is 35.5. The van der Waals surface area contributed by atoms with Crippen LogP contribution in [0.15, 0.2) is 6.33 Å². The first-order chi connectivity index (χ1) is 7.56. The maximum absolute atomic E-state index is 10.7.